The zero-order chi connectivity index (χ0) is 12.6. The van der Waals surface area contributed by atoms with Gasteiger partial charge in [-0.1, -0.05) is 24.2 Å². The van der Waals surface area contributed by atoms with E-state index in [1.165, 1.54) is 0 Å². The first kappa shape index (κ1) is 11.0. The fourth-order valence-electron chi connectivity index (χ4n) is 1.85. The summed E-state index contributed by atoms with van der Waals surface area (Å²) in [5, 5.41) is 12.8. The highest BCUT2D eigenvalue weighted by Crippen LogP contribution is 2.45. The van der Waals surface area contributed by atoms with Crippen LogP contribution in [-0.4, -0.2) is 10.1 Å². The lowest BCUT2D eigenvalue weighted by molar-refractivity contribution is 0.375. The van der Waals surface area contributed by atoms with Crippen molar-refractivity contribution in [3.63, 3.8) is 0 Å². The lowest BCUT2D eigenvalue weighted by Crippen LogP contribution is -2.02. The molecule has 1 saturated carbocycles. The van der Waals surface area contributed by atoms with E-state index in [1.54, 1.807) is 12.1 Å². The van der Waals surface area contributed by atoms with Gasteiger partial charge in [-0.05, 0) is 30.5 Å². The predicted octanol–water partition coefficient (Wildman–Crippen LogP) is 2.58. The quantitative estimate of drug-likeness (QED) is 0.825. The second-order valence-corrected chi connectivity index (χ2v) is 5.06. The number of nitriles is 1. The summed E-state index contributed by atoms with van der Waals surface area (Å²) in [5.41, 5.74) is 1.88. The zero-order valence-electron chi connectivity index (χ0n) is 10.2. The number of aromatic nitrogens is 2. The molecule has 1 fully saturated rings. The van der Waals surface area contributed by atoms with Crippen LogP contribution in [0, 0.1) is 11.3 Å². The maximum absolute atomic E-state index is 8.73. The van der Waals surface area contributed by atoms with E-state index in [1.807, 2.05) is 12.1 Å². The molecular formula is C14H13N3O. The molecule has 4 heteroatoms. The van der Waals surface area contributed by atoms with Gasteiger partial charge in [0.05, 0.1) is 18.1 Å². The highest BCUT2D eigenvalue weighted by Gasteiger charge is 2.43. The van der Waals surface area contributed by atoms with Crippen LogP contribution in [0.5, 0.6) is 0 Å². The predicted molar refractivity (Wildman–Crippen MR) is 64.8 cm³/mol. The summed E-state index contributed by atoms with van der Waals surface area (Å²) in [7, 11) is 0. The van der Waals surface area contributed by atoms with Gasteiger partial charge in [-0.25, -0.2) is 0 Å². The Morgan fingerprint density at radius 1 is 1.33 bits per heavy atom. The summed E-state index contributed by atoms with van der Waals surface area (Å²) in [6, 6.07) is 9.54. The van der Waals surface area contributed by atoms with E-state index in [0.717, 1.165) is 24.2 Å². The van der Waals surface area contributed by atoms with Gasteiger partial charge < -0.3 is 4.52 Å². The number of rotatable bonds is 3. The SMILES string of the molecule is CC1(c2noc(Cc3ccc(C#N)cc3)n2)CC1. The molecule has 2 aromatic rings. The molecule has 0 N–H and O–H groups in total. The van der Waals surface area contributed by atoms with Crippen molar-refractivity contribution in [1.29, 1.82) is 5.26 Å². The zero-order valence-corrected chi connectivity index (χ0v) is 10.2. The van der Waals surface area contributed by atoms with Crippen LogP contribution in [0.25, 0.3) is 0 Å². The fraction of sp³-hybridized carbons (Fsp3) is 0.357. The summed E-state index contributed by atoms with van der Waals surface area (Å²) < 4.78 is 5.27. The van der Waals surface area contributed by atoms with Crippen LogP contribution in [0.15, 0.2) is 28.8 Å². The largest absolute Gasteiger partial charge is 0.339 e. The first-order valence-corrected chi connectivity index (χ1v) is 6.02. The summed E-state index contributed by atoms with van der Waals surface area (Å²) in [5.74, 6) is 1.47. The topological polar surface area (TPSA) is 62.7 Å². The molecule has 0 atom stereocenters. The van der Waals surface area contributed by atoms with Gasteiger partial charge in [0.25, 0.3) is 0 Å². The highest BCUT2D eigenvalue weighted by molar-refractivity contribution is 5.32. The molecule has 0 spiro atoms. The van der Waals surface area contributed by atoms with Gasteiger partial charge in [-0.15, -0.1) is 0 Å². The van der Waals surface area contributed by atoms with E-state index in [-0.39, 0.29) is 5.41 Å². The van der Waals surface area contributed by atoms with E-state index < -0.39 is 0 Å². The Balaban J connectivity index is 1.76. The molecule has 0 bridgehead atoms. The van der Waals surface area contributed by atoms with Crippen molar-refractivity contribution in [3.05, 3.63) is 47.1 Å². The van der Waals surface area contributed by atoms with Crippen molar-refractivity contribution in [2.45, 2.75) is 31.6 Å². The van der Waals surface area contributed by atoms with Gasteiger partial charge in [0, 0.05) is 5.41 Å². The minimum absolute atomic E-state index is 0.145. The molecule has 1 aromatic carbocycles. The van der Waals surface area contributed by atoms with Gasteiger partial charge in [0.15, 0.2) is 5.82 Å². The smallest absolute Gasteiger partial charge is 0.231 e. The van der Waals surface area contributed by atoms with Crippen LogP contribution in [-0.2, 0) is 11.8 Å². The molecule has 0 radical (unpaired) electrons. The monoisotopic (exact) mass is 239 g/mol. The van der Waals surface area contributed by atoms with E-state index >= 15 is 0 Å². The first-order valence-electron chi connectivity index (χ1n) is 6.02. The van der Waals surface area contributed by atoms with E-state index in [2.05, 4.69) is 23.1 Å². The molecule has 0 amide bonds. The second kappa shape index (κ2) is 3.95. The lowest BCUT2D eigenvalue weighted by Gasteiger charge is -1.98. The third-order valence-electron chi connectivity index (χ3n) is 3.45. The Bertz CT molecular complexity index is 603. The average Bonchev–Trinajstić information content (AvgIpc) is 2.97. The van der Waals surface area contributed by atoms with Gasteiger partial charge in [-0.2, -0.15) is 10.2 Å². The molecule has 1 aromatic heterocycles. The highest BCUT2D eigenvalue weighted by atomic mass is 16.5. The van der Waals surface area contributed by atoms with Crippen molar-refractivity contribution >= 4 is 0 Å². The Morgan fingerprint density at radius 3 is 2.67 bits per heavy atom. The molecule has 4 nitrogen and oxygen atoms in total. The van der Waals surface area contributed by atoms with Crippen molar-refractivity contribution in [2.24, 2.45) is 0 Å². The van der Waals surface area contributed by atoms with Crippen molar-refractivity contribution in [2.75, 3.05) is 0 Å². The van der Waals surface area contributed by atoms with Gasteiger partial charge in [0.1, 0.15) is 0 Å². The first-order chi connectivity index (χ1) is 8.69. The Labute approximate surface area is 105 Å². The molecule has 1 aliphatic rings. The number of hydrogen-bond donors (Lipinski definition) is 0. The van der Waals surface area contributed by atoms with E-state index in [9.17, 15) is 0 Å². The molecule has 90 valence electrons. The maximum atomic E-state index is 8.73. The summed E-state index contributed by atoms with van der Waals surface area (Å²) in [6.07, 6.45) is 2.90. The van der Waals surface area contributed by atoms with Crippen molar-refractivity contribution in [3.8, 4) is 6.07 Å². The third-order valence-corrected chi connectivity index (χ3v) is 3.45. The molecule has 0 aliphatic heterocycles. The minimum atomic E-state index is 0.145. The minimum Gasteiger partial charge on any atom is -0.339 e. The van der Waals surface area contributed by atoms with Crippen molar-refractivity contribution in [1.82, 2.24) is 10.1 Å². The van der Waals surface area contributed by atoms with Crippen LogP contribution in [0.3, 0.4) is 0 Å². The van der Waals surface area contributed by atoms with Gasteiger partial charge >= 0.3 is 0 Å². The summed E-state index contributed by atoms with van der Waals surface area (Å²) in [4.78, 5) is 4.44. The number of nitrogens with zero attached hydrogens (tertiary/aromatic N) is 3. The van der Waals surface area contributed by atoms with Gasteiger partial charge in [-0.3, -0.25) is 0 Å². The molecule has 3 rings (SSSR count). The molecule has 18 heavy (non-hydrogen) atoms. The lowest BCUT2D eigenvalue weighted by atomic mass is 10.1. The molecule has 1 heterocycles. The van der Waals surface area contributed by atoms with Crippen LogP contribution in [0.2, 0.25) is 0 Å². The summed E-state index contributed by atoms with van der Waals surface area (Å²) in [6.45, 7) is 2.16. The van der Waals surface area contributed by atoms with Crippen LogP contribution >= 0.6 is 0 Å². The molecule has 0 unspecified atom stereocenters. The summed E-state index contributed by atoms with van der Waals surface area (Å²) >= 11 is 0. The molecule has 1 aliphatic carbocycles. The van der Waals surface area contributed by atoms with E-state index in [4.69, 9.17) is 9.78 Å². The Kier molecular flexibility index (Phi) is 2.41. The molecule has 0 saturated heterocycles. The molecular weight excluding hydrogens is 226 g/mol. The Morgan fingerprint density at radius 2 is 2.06 bits per heavy atom. The number of hydrogen-bond acceptors (Lipinski definition) is 4. The third kappa shape index (κ3) is 2.00. The standard InChI is InChI=1S/C14H13N3O/c1-14(6-7-14)13-16-12(18-17-13)8-10-2-4-11(9-15)5-3-10/h2-5H,6-8H2,1H3. The second-order valence-electron chi connectivity index (χ2n) is 5.06. The normalized spacial score (nSPS) is 16.2. The van der Waals surface area contributed by atoms with Crippen LogP contribution < -0.4 is 0 Å². The number of benzene rings is 1. The average molecular weight is 239 g/mol. The van der Waals surface area contributed by atoms with Crippen LogP contribution in [0.1, 0.15) is 42.6 Å². The van der Waals surface area contributed by atoms with Crippen LogP contribution in [0.4, 0.5) is 0 Å². The maximum Gasteiger partial charge on any atom is 0.231 e. The fourth-order valence-corrected chi connectivity index (χ4v) is 1.85. The van der Waals surface area contributed by atoms with Crippen molar-refractivity contribution < 1.29 is 4.52 Å². The Hall–Kier alpha value is -2.15. The van der Waals surface area contributed by atoms with Gasteiger partial charge in [0.2, 0.25) is 5.89 Å². The van der Waals surface area contributed by atoms with E-state index in [0.29, 0.717) is 17.9 Å².